The number of pyridine rings is 1. The van der Waals surface area contributed by atoms with E-state index in [1.807, 2.05) is 6.07 Å². The van der Waals surface area contributed by atoms with Crippen LogP contribution in [0.2, 0.25) is 0 Å². The van der Waals surface area contributed by atoms with Gasteiger partial charge in [0.1, 0.15) is 11.2 Å². The minimum atomic E-state index is -0.959. The van der Waals surface area contributed by atoms with Crippen LogP contribution in [0, 0.1) is 5.92 Å². The van der Waals surface area contributed by atoms with E-state index in [1.54, 1.807) is 6.20 Å². The summed E-state index contributed by atoms with van der Waals surface area (Å²) in [5, 5.41) is 16.9. The van der Waals surface area contributed by atoms with Crippen molar-refractivity contribution >= 4 is 22.7 Å². The van der Waals surface area contributed by atoms with Gasteiger partial charge in [0.05, 0.1) is 5.69 Å². The number of hydrogen-bond donors (Lipinski definition) is 4. The summed E-state index contributed by atoms with van der Waals surface area (Å²) in [4.78, 5) is 18.6. The zero-order valence-corrected chi connectivity index (χ0v) is 11.3. The maximum atomic E-state index is 11.4. The number of carbonyl (C=O) groups is 1. The average molecular weight is 274 g/mol. The molecule has 1 fully saturated rings. The molecule has 20 heavy (non-hydrogen) atoms. The molecule has 2 aromatic rings. The first-order valence-corrected chi connectivity index (χ1v) is 6.83. The molecule has 3 rings (SSSR count). The number of nitrogens with zero attached hydrogens (tertiary/aromatic N) is 1. The van der Waals surface area contributed by atoms with E-state index in [4.69, 9.17) is 0 Å². The molecule has 1 aliphatic rings. The van der Waals surface area contributed by atoms with Crippen molar-refractivity contribution in [2.75, 3.05) is 18.4 Å². The fraction of sp³-hybridized carbons (Fsp3) is 0.429. The van der Waals surface area contributed by atoms with E-state index in [2.05, 4.69) is 27.5 Å². The molecule has 3 heterocycles. The first-order valence-electron chi connectivity index (χ1n) is 6.83. The van der Waals surface area contributed by atoms with Gasteiger partial charge < -0.3 is 20.7 Å². The lowest BCUT2D eigenvalue weighted by molar-refractivity contribution is 0.0697. The van der Waals surface area contributed by atoms with Crippen molar-refractivity contribution in [2.45, 2.75) is 19.4 Å². The Morgan fingerprint density at radius 3 is 3.15 bits per heavy atom. The van der Waals surface area contributed by atoms with Gasteiger partial charge >= 0.3 is 5.97 Å². The fourth-order valence-corrected chi connectivity index (χ4v) is 2.69. The van der Waals surface area contributed by atoms with Crippen LogP contribution >= 0.6 is 0 Å². The van der Waals surface area contributed by atoms with Gasteiger partial charge in [-0.2, -0.15) is 0 Å². The molecule has 2 atom stereocenters. The van der Waals surface area contributed by atoms with Gasteiger partial charge in [-0.25, -0.2) is 9.78 Å². The first kappa shape index (κ1) is 12.9. The zero-order valence-electron chi connectivity index (χ0n) is 11.3. The molecule has 0 amide bonds. The number of H-pyrrole nitrogens is 1. The van der Waals surface area contributed by atoms with E-state index < -0.39 is 5.97 Å². The topological polar surface area (TPSA) is 90.0 Å². The minimum Gasteiger partial charge on any atom is -0.478 e. The van der Waals surface area contributed by atoms with Crippen molar-refractivity contribution in [1.82, 2.24) is 15.3 Å². The number of carboxylic acids is 1. The number of nitrogens with one attached hydrogen (secondary N) is 3. The molecule has 6 nitrogen and oxygen atoms in total. The highest BCUT2D eigenvalue weighted by atomic mass is 16.4. The van der Waals surface area contributed by atoms with Crippen molar-refractivity contribution in [2.24, 2.45) is 5.92 Å². The van der Waals surface area contributed by atoms with Crippen molar-refractivity contribution in [3.63, 3.8) is 0 Å². The molecule has 0 spiro atoms. The van der Waals surface area contributed by atoms with E-state index in [-0.39, 0.29) is 11.6 Å². The van der Waals surface area contributed by atoms with E-state index in [0.717, 1.165) is 24.9 Å². The van der Waals surface area contributed by atoms with Crippen LogP contribution in [0.1, 0.15) is 23.7 Å². The van der Waals surface area contributed by atoms with E-state index in [0.29, 0.717) is 17.3 Å². The second kappa shape index (κ2) is 5.13. The summed E-state index contributed by atoms with van der Waals surface area (Å²) in [5.41, 5.74) is 1.58. The molecule has 6 heteroatoms. The molecular weight excluding hydrogens is 256 g/mol. The highest BCUT2D eigenvalue weighted by molar-refractivity contribution is 6.03. The van der Waals surface area contributed by atoms with Gasteiger partial charge in [-0.15, -0.1) is 0 Å². The number of aromatic carboxylic acids is 1. The maximum absolute atomic E-state index is 11.4. The van der Waals surface area contributed by atoms with E-state index in [1.165, 1.54) is 6.20 Å². The summed E-state index contributed by atoms with van der Waals surface area (Å²) in [6, 6.07) is 2.08. The van der Waals surface area contributed by atoms with Crippen molar-refractivity contribution in [3.05, 3.63) is 24.0 Å². The fourth-order valence-electron chi connectivity index (χ4n) is 2.69. The number of hydrogen-bond acceptors (Lipinski definition) is 4. The quantitative estimate of drug-likeness (QED) is 0.683. The number of piperidine rings is 1. The third kappa shape index (κ3) is 2.22. The number of aromatic amines is 1. The molecule has 0 bridgehead atoms. The van der Waals surface area contributed by atoms with Crippen LogP contribution in [0.15, 0.2) is 18.5 Å². The predicted molar refractivity (Wildman–Crippen MR) is 77.1 cm³/mol. The summed E-state index contributed by atoms with van der Waals surface area (Å²) in [6.45, 7) is 4.05. The van der Waals surface area contributed by atoms with Crippen LogP contribution in [0.3, 0.4) is 0 Å². The largest absolute Gasteiger partial charge is 0.478 e. The average Bonchev–Trinajstić information content (AvgIpc) is 2.90. The third-order valence-electron chi connectivity index (χ3n) is 3.97. The Kier molecular flexibility index (Phi) is 3.31. The Morgan fingerprint density at radius 2 is 2.40 bits per heavy atom. The smallest absolute Gasteiger partial charge is 0.339 e. The maximum Gasteiger partial charge on any atom is 0.339 e. The third-order valence-corrected chi connectivity index (χ3v) is 3.97. The van der Waals surface area contributed by atoms with Crippen LogP contribution in [-0.4, -0.2) is 40.2 Å². The molecule has 0 unspecified atom stereocenters. The number of carboxylic acid groups (broad SMARTS) is 1. The second-order valence-electron chi connectivity index (χ2n) is 5.31. The summed E-state index contributed by atoms with van der Waals surface area (Å²) >= 11 is 0. The number of anilines is 1. The van der Waals surface area contributed by atoms with Crippen LogP contribution in [0.25, 0.3) is 11.0 Å². The standard InChI is InChI=1S/C14H18N4O2/c1-8-2-4-15-7-11(8)18-12-9-3-5-16-13(9)17-6-10(12)14(19)20/h3,5-6,8,11,15H,2,4,7H2,1H3,(H,19,20)(H2,16,17,18)/t8-,11+/m1/s1. The van der Waals surface area contributed by atoms with Crippen LogP contribution < -0.4 is 10.6 Å². The molecule has 0 aromatic carbocycles. The van der Waals surface area contributed by atoms with Crippen LogP contribution in [0.4, 0.5) is 5.69 Å². The summed E-state index contributed by atoms with van der Waals surface area (Å²) in [7, 11) is 0. The molecule has 0 aliphatic carbocycles. The lowest BCUT2D eigenvalue weighted by Gasteiger charge is -2.31. The molecule has 106 valence electrons. The monoisotopic (exact) mass is 274 g/mol. The number of fused-ring (bicyclic) bond motifs is 1. The Balaban J connectivity index is 2.01. The van der Waals surface area contributed by atoms with Crippen LogP contribution in [-0.2, 0) is 0 Å². The van der Waals surface area contributed by atoms with Gasteiger partial charge in [-0.05, 0) is 24.9 Å². The molecule has 0 radical (unpaired) electrons. The van der Waals surface area contributed by atoms with Gasteiger partial charge in [0, 0.05) is 30.4 Å². The Bertz CT molecular complexity index is 637. The van der Waals surface area contributed by atoms with Gasteiger partial charge in [0.15, 0.2) is 0 Å². The van der Waals surface area contributed by atoms with Crippen molar-refractivity contribution in [1.29, 1.82) is 0 Å². The SMILES string of the molecule is C[C@@H]1CCNC[C@@H]1Nc1c(C(=O)O)cnc2[nH]ccc12. The van der Waals surface area contributed by atoms with Gasteiger partial charge in [-0.1, -0.05) is 6.92 Å². The number of rotatable bonds is 3. The molecular formula is C14H18N4O2. The van der Waals surface area contributed by atoms with Gasteiger partial charge in [0.25, 0.3) is 0 Å². The Morgan fingerprint density at radius 1 is 1.55 bits per heavy atom. The highest BCUT2D eigenvalue weighted by Crippen LogP contribution is 2.28. The van der Waals surface area contributed by atoms with E-state index in [9.17, 15) is 9.90 Å². The summed E-state index contributed by atoms with van der Waals surface area (Å²) < 4.78 is 0. The van der Waals surface area contributed by atoms with Gasteiger partial charge in [0.2, 0.25) is 0 Å². The number of aromatic nitrogens is 2. The Labute approximate surface area is 116 Å². The molecule has 0 saturated carbocycles. The molecule has 2 aromatic heterocycles. The summed E-state index contributed by atoms with van der Waals surface area (Å²) in [5.74, 6) is -0.459. The first-order chi connectivity index (χ1) is 9.66. The highest BCUT2D eigenvalue weighted by Gasteiger charge is 2.24. The second-order valence-corrected chi connectivity index (χ2v) is 5.31. The minimum absolute atomic E-state index is 0.217. The van der Waals surface area contributed by atoms with Crippen LogP contribution in [0.5, 0.6) is 0 Å². The predicted octanol–water partition coefficient (Wildman–Crippen LogP) is 1.67. The molecule has 1 aliphatic heterocycles. The molecule has 1 saturated heterocycles. The van der Waals surface area contributed by atoms with Crippen molar-refractivity contribution in [3.8, 4) is 0 Å². The zero-order chi connectivity index (χ0) is 14.1. The van der Waals surface area contributed by atoms with E-state index >= 15 is 0 Å². The van der Waals surface area contributed by atoms with Crippen molar-refractivity contribution < 1.29 is 9.90 Å². The molecule has 4 N–H and O–H groups in total. The Hall–Kier alpha value is -2.08. The summed E-state index contributed by atoms with van der Waals surface area (Å²) in [6.07, 6.45) is 4.27. The lowest BCUT2D eigenvalue weighted by Crippen LogP contribution is -2.44. The normalized spacial score (nSPS) is 22.9. The lowest BCUT2D eigenvalue weighted by atomic mass is 9.94. The van der Waals surface area contributed by atoms with Gasteiger partial charge in [-0.3, -0.25) is 0 Å².